The highest BCUT2D eigenvalue weighted by atomic mass is 16.5. The van der Waals surface area contributed by atoms with Gasteiger partial charge in [0.15, 0.2) is 0 Å². The lowest BCUT2D eigenvalue weighted by Crippen LogP contribution is -2.16. The molecule has 0 bridgehead atoms. The third-order valence-electron chi connectivity index (χ3n) is 1.21. The van der Waals surface area contributed by atoms with Crippen LogP contribution in [-0.4, -0.2) is 23.8 Å². The molecule has 0 aliphatic rings. The van der Waals surface area contributed by atoms with Crippen molar-refractivity contribution in [3.63, 3.8) is 0 Å². The number of ether oxygens (including phenoxy) is 1. The van der Waals surface area contributed by atoms with Gasteiger partial charge in [0.2, 0.25) is 0 Å². The summed E-state index contributed by atoms with van der Waals surface area (Å²) in [6.07, 6.45) is 2.08. The molecule has 0 aliphatic heterocycles. The molecule has 0 aromatic carbocycles. The average molecular weight is 158 g/mol. The van der Waals surface area contributed by atoms with Gasteiger partial charge >= 0.3 is 5.97 Å². The summed E-state index contributed by atoms with van der Waals surface area (Å²) in [5.41, 5.74) is 0. The van der Waals surface area contributed by atoms with Gasteiger partial charge in [-0.1, -0.05) is 19.9 Å². The topological polar surface area (TPSA) is 46.5 Å². The molecule has 64 valence electrons. The summed E-state index contributed by atoms with van der Waals surface area (Å²) in [6.45, 7) is 5.25. The van der Waals surface area contributed by atoms with Crippen LogP contribution in [0.5, 0.6) is 0 Å². The second-order valence-electron chi connectivity index (χ2n) is 2.28. The largest absolute Gasteiger partial charge is 0.460 e. The maximum absolute atomic E-state index is 10.5. The van der Waals surface area contributed by atoms with E-state index in [1.165, 1.54) is 0 Å². The Hall–Kier alpha value is -0.830. The van der Waals surface area contributed by atoms with E-state index in [-0.39, 0.29) is 6.61 Å². The van der Waals surface area contributed by atoms with E-state index in [9.17, 15) is 4.79 Å². The van der Waals surface area contributed by atoms with Crippen molar-refractivity contribution in [1.29, 1.82) is 0 Å². The SMILES string of the molecule is C=CC(=O)OCC(O)CCC. The first-order chi connectivity index (χ1) is 5.20. The molecule has 0 rings (SSSR count). The smallest absolute Gasteiger partial charge is 0.330 e. The van der Waals surface area contributed by atoms with Gasteiger partial charge in [0.1, 0.15) is 6.61 Å². The molecule has 3 nitrogen and oxygen atoms in total. The summed E-state index contributed by atoms with van der Waals surface area (Å²) in [5.74, 6) is -0.486. The maximum atomic E-state index is 10.5. The van der Waals surface area contributed by atoms with E-state index >= 15 is 0 Å². The number of carbonyl (C=O) groups is 1. The van der Waals surface area contributed by atoms with Crippen LogP contribution in [0.1, 0.15) is 19.8 Å². The Morgan fingerprint density at radius 2 is 2.45 bits per heavy atom. The van der Waals surface area contributed by atoms with Gasteiger partial charge in [0, 0.05) is 6.08 Å². The van der Waals surface area contributed by atoms with Crippen LogP contribution in [0, 0.1) is 0 Å². The molecule has 3 heteroatoms. The first-order valence-electron chi connectivity index (χ1n) is 3.68. The standard InChI is InChI=1S/C8H14O3/c1-3-5-7(9)6-11-8(10)4-2/h4,7,9H,2-3,5-6H2,1H3. The van der Waals surface area contributed by atoms with Crippen molar-refractivity contribution in [1.82, 2.24) is 0 Å². The van der Waals surface area contributed by atoms with Crippen molar-refractivity contribution in [3.8, 4) is 0 Å². The molecule has 0 radical (unpaired) electrons. The fourth-order valence-electron chi connectivity index (χ4n) is 0.654. The minimum absolute atomic E-state index is 0.0681. The van der Waals surface area contributed by atoms with Crippen molar-refractivity contribution in [2.24, 2.45) is 0 Å². The van der Waals surface area contributed by atoms with Gasteiger partial charge in [-0.05, 0) is 6.42 Å². The van der Waals surface area contributed by atoms with Crippen molar-refractivity contribution < 1.29 is 14.6 Å². The second kappa shape index (κ2) is 5.92. The highest BCUT2D eigenvalue weighted by Crippen LogP contribution is 1.96. The molecule has 0 saturated heterocycles. The van der Waals surface area contributed by atoms with Gasteiger partial charge in [0.25, 0.3) is 0 Å². The lowest BCUT2D eigenvalue weighted by molar-refractivity contribution is -0.140. The number of esters is 1. The summed E-state index contributed by atoms with van der Waals surface area (Å²) < 4.78 is 4.60. The Balaban J connectivity index is 3.37. The van der Waals surface area contributed by atoms with Crippen molar-refractivity contribution in [3.05, 3.63) is 12.7 Å². The first-order valence-corrected chi connectivity index (χ1v) is 3.68. The molecule has 0 saturated carbocycles. The van der Waals surface area contributed by atoms with Crippen LogP contribution in [0.15, 0.2) is 12.7 Å². The summed E-state index contributed by atoms with van der Waals surface area (Å²) >= 11 is 0. The molecular weight excluding hydrogens is 144 g/mol. The molecule has 0 fully saturated rings. The van der Waals surface area contributed by atoms with Crippen molar-refractivity contribution in [2.75, 3.05) is 6.61 Å². The first kappa shape index (κ1) is 10.2. The lowest BCUT2D eigenvalue weighted by Gasteiger charge is -2.07. The van der Waals surface area contributed by atoms with Gasteiger partial charge in [0.05, 0.1) is 6.10 Å². The van der Waals surface area contributed by atoms with E-state index in [1.807, 2.05) is 6.92 Å². The Labute approximate surface area is 66.7 Å². The van der Waals surface area contributed by atoms with Gasteiger partial charge < -0.3 is 9.84 Å². The van der Waals surface area contributed by atoms with Crippen LogP contribution in [-0.2, 0) is 9.53 Å². The summed E-state index contributed by atoms with van der Waals surface area (Å²) in [7, 11) is 0. The number of carbonyl (C=O) groups excluding carboxylic acids is 1. The number of aliphatic hydroxyl groups excluding tert-OH is 1. The molecule has 0 spiro atoms. The molecular formula is C8H14O3. The summed E-state index contributed by atoms with van der Waals surface area (Å²) in [6, 6.07) is 0. The zero-order valence-electron chi connectivity index (χ0n) is 6.75. The minimum atomic E-state index is -0.538. The van der Waals surface area contributed by atoms with Crippen LogP contribution >= 0.6 is 0 Å². The van der Waals surface area contributed by atoms with Gasteiger partial charge in [-0.15, -0.1) is 0 Å². The van der Waals surface area contributed by atoms with E-state index in [0.29, 0.717) is 6.42 Å². The lowest BCUT2D eigenvalue weighted by atomic mass is 10.2. The number of aliphatic hydroxyl groups is 1. The zero-order valence-corrected chi connectivity index (χ0v) is 6.75. The highest BCUT2D eigenvalue weighted by molar-refractivity contribution is 5.81. The molecule has 11 heavy (non-hydrogen) atoms. The van der Waals surface area contributed by atoms with Crippen LogP contribution < -0.4 is 0 Å². The van der Waals surface area contributed by atoms with E-state index in [4.69, 9.17) is 5.11 Å². The van der Waals surface area contributed by atoms with Crippen LogP contribution in [0.25, 0.3) is 0 Å². The van der Waals surface area contributed by atoms with Gasteiger partial charge in [-0.2, -0.15) is 0 Å². The number of hydrogen-bond acceptors (Lipinski definition) is 3. The molecule has 0 heterocycles. The van der Waals surface area contributed by atoms with Crippen molar-refractivity contribution in [2.45, 2.75) is 25.9 Å². The molecule has 0 amide bonds. The molecule has 0 aromatic rings. The normalized spacial score (nSPS) is 12.2. The highest BCUT2D eigenvalue weighted by Gasteiger charge is 2.04. The van der Waals surface area contributed by atoms with E-state index in [0.717, 1.165) is 12.5 Å². The Kier molecular flexibility index (Phi) is 5.47. The van der Waals surface area contributed by atoms with Crippen molar-refractivity contribution >= 4 is 5.97 Å². The van der Waals surface area contributed by atoms with Gasteiger partial charge in [-0.3, -0.25) is 0 Å². The second-order valence-corrected chi connectivity index (χ2v) is 2.28. The molecule has 0 aliphatic carbocycles. The van der Waals surface area contributed by atoms with Gasteiger partial charge in [-0.25, -0.2) is 4.79 Å². The zero-order chi connectivity index (χ0) is 8.69. The maximum Gasteiger partial charge on any atom is 0.330 e. The van der Waals surface area contributed by atoms with E-state index in [2.05, 4.69) is 11.3 Å². The van der Waals surface area contributed by atoms with Crippen LogP contribution in [0.4, 0.5) is 0 Å². The third kappa shape index (κ3) is 5.61. The van der Waals surface area contributed by atoms with E-state index < -0.39 is 12.1 Å². The Morgan fingerprint density at radius 3 is 2.91 bits per heavy atom. The summed E-state index contributed by atoms with van der Waals surface area (Å²) in [5, 5.41) is 9.08. The monoisotopic (exact) mass is 158 g/mol. The third-order valence-corrected chi connectivity index (χ3v) is 1.21. The van der Waals surface area contributed by atoms with E-state index in [1.54, 1.807) is 0 Å². The molecule has 1 unspecified atom stereocenters. The molecule has 0 aromatic heterocycles. The Morgan fingerprint density at radius 1 is 1.82 bits per heavy atom. The number of rotatable bonds is 5. The fraction of sp³-hybridized carbons (Fsp3) is 0.625. The molecule has 1 N–H and O–H groups in total. The quantitative estimate of drug-likeness (QED) is 0.477. The summed E-state index contributed by atoms with van der Waals surface area (Å²) in [4.78, 5) is 10.5. The average Bonchev–Trinajstić information content (AvgIpc) is 2.01. The predicted octanol–water partition coefficient (Wildman–Crippen LogP) is 0.877. The minimum Gasteiger partial charge on any atom is -0.460 e. The van der Waals surface area contributed by atoms with Crippen LogP contribution in [0.2, 0.25) is 0 Å². The molecule has 1 atom stereocenters. The number of hydrogen-bond donors (Lipinski definition) is 1. The predicted molar refractivity (Wildman–Crippen MR) is 42.1 cm³/mol. The fourth-order valence-corrected chi connectivity index (χ4v) is 0.654. The Bertz CT molecular complexity index is 131. The van der Waals surface area contributed by atoms with Crippen LogP contribution in [0.3, 0.4) is 0 Å².